The van der Waals surface area contributed by atoms with Crippen molar-refractivity contribution in [3.8, 4) is 22.6 Å². The van der Waals surface area contributed by atoms with E-state index in [9.17, 15) is 9.59 Å². The topological polar surface area (TPSA) is 76.7 Å². The zero-order valence-electron chi connectivity index (χ0n) is 29.1. The van der Waals surface area contributed by atoms with Crippen LogP contribution < -0.4 is 20.1 Å². The van der Waals surface area contributed by atoms with Crippen molar-refractivity contribution in [1.82, 2.24) is 0 Å². The maximum atomic E-state index is 13.1. The fraction of sp³-hybridized carbons (Fsp3) is 0.156. The highest BCUT2D eigenvalue weighted by Crippen LogP contribution is 2.56. The van der Waals surface area contributed by atoms with Gasteiger partial charge in [0.25, 0.3) is 11.8 Å². The third-order valence-corrected chi connectivity index (χ3v) is 9.53. The number of rotatable bonds is 10. The molecule has 2 N–H and O–H groups in total. The first-order valence-corrected chi connectivity index (χ1v) is 17.2. The molecule has 0 spiro atoms. The van der Waals surface area contributed by atoms with E-state index in [1.54, 1.807) is 13.8 Å². The predicted molar refractivity (Wildman–Crippen MR) is 204 cm³/mol. The summed E-state index contributed by atoms with van der Waals surface area (Å²) in [5.41, 5.74) is 9.76. The van der Waals surface area contributed by atoms with Crippen molar-refractivity contribution in [3.63, 3.8) is 0 Å². The van der Waals surface area contributed by atoms with Gasteiger partial charge in [-0.05, 0) is 110 Å². The van der Waals surface area contributed by atoms with Crippen molar-refractivity contribution in [1.29, 1.82) is 0 Å². The number of benzene rings is 6. The van der Waals surface area contributed by atoms with E-state index in [0.717, 1.165) is 22.3 Å². The fourth-order valence-electron chi connectivity index (χ4n) is 6.87. The van der Waals surface area contributed by atoms with Crippen molar-refractivity contribution >= 4 is 23.2 Å². The van der Waals surface area contributed by atoms with E-state index in [4.69, 9.17) is 9.47 Å². The molecule has 0 saturated heterocycles. The maximum Gasteiger partial charge on any atom is 0.265 e. The Morgan fingerprint density at radius 1 is 0.490 bits per heavy atom. The van der Waals surface area contributed by atoms with Crippen LogP contribution in [0, 0.1) is 13.8 Å². The minimum absolute atomic E-state index is 0.231. The van der Waals surface area contributed by atoms with Crippen LogP contribution in [0.4, 0.5) is 11.4 Å². The largest absolute Gasteiger partial charge is 0.481 e. The second-order valence-corrected chi connectivity index (χ2v) is 13.1. The van der Waals surface area contributed by atoms with Gasteiger partial charge >= 0.3 is 0 Å². The molecule has 254 valence electrons. The SMILES string of the molecule is Cc1ccc(O[C@H](C)C(=O)Nc2ccc(C3(c4ccc(NC(=O)[C@@H](C)Oc5ccc(C)cc5)cc4)c4ccccc4-c4ccccc43)cc2)cc1. The number of anilines is 2. The average molecular weight is 673 g/mol. The molecule has 7 rings (SSSR count). The van der Waals surface area contributed by atoms with Gasteiger partial charge in [-0.25, -0.2) is 0 Å². The number of hydrogen-bond donors (Lipinski definition) is 2. The Balaban J connectivity index is 1.17. The highest BCUT2D eigenvalue weighted by atomic mass is 16.5. The van der Waals surface area contributed by atoms with Gasteiger partial charge in [0.1, 0.15) is 11.5 Å². The molecule has 2 atom stereocenters. The van der Waals surface area contributed by atoms with Crippen LogP contribution >= 0.6 is 0 Å². The average Bonchev–Trinajstić information content (AvgIpc) is 3.45. The lowest BCUT2D eigenvalue weighted by Gasteiger charge is -2.34. The molecule has 0 unspecified atom stereocenters. The number of fused-ring (bicyclic) bond motifs is 3. The Labute approximate surface area is 299 Å². The molecule has 0 fully saturated rings. The van der Waals surface area contributed by atoms with E-state index in [1.165, 1.54) is 22.3 Å². The quantitative estimate of drug-likeness (QED) is 0.152. The Kier molecular flexibility index (Phi) is 9.16. The predicted octanol–water partition coefficient (Wildman–Crippen LogP) is 9.48. The van der Waals surface area contributed by atoms with Crippen molar-refractivity contribution in [2.45, 2.75) is 45.3 Å². The molecule has 0 aromatic heterocycles. The number of ether oxygens (including phenoxy) is 2. The highest BCUT2D eigenvalue weighted by Gasteiger charge is 2.45. The monoisotopic (exact) mass is 672 g/mol. The van der Waals surface area contributed by atoms with E-state index >= 15 is 0 Å². The number of nitrogens with one attached hydrogen (secondary N) is 2. The third-order valence-electron chi connectivity index (χ3n) is 9.53. The number of carbonyl (C=O) groups excluding carboxylic acids is 2. The number of hydrogen-bond acceptors (Lipinski definition) is 4. The van der Waals surface area contributed by atoms with Crippen LogP contribution in [0.25, 0.3) is 11.1 Å². The molecular formula is C45H40N2O4. The summed E-state index contributed by atoms with van der Waals surface area (Å²) >= 11 is 0. The highest BCUT2D eigenvalue weighted by molar-refractivity contribution is 5.95. The minimum Gasteiger partial charge on any atom is -0.481 e. The minimum atomic E-state index is -0.677. The lowest BCUT2D eigenvalue weighted by atomic mass is 9.67. The van der Waals surface area contributed by atoms with Crippen molar-refractivity contribution in [2.24, 2.45) is 0 Å². The molecule has 6 aromatic rings. The van der Waals surface area contributed by atoms with Crippen molar-refractivity contribution in [3.05, 3.63) is 179 Å². The van der Waals surface area contributed by atoms with Gasteiger partial charge in [0.15, 0.2) is 12.2 Å². The van der Waals surface area contributed by atoms with Crippen molar-refractivity contribution in [2.75, 3.05) is 10.6 Å². The number of aryl methyl sites for hydroxylation is 2. The molecule has 2 amide bonds. The lowest BCUT2D eigenvalue weighted by Crippen LogP contribution is -2.31. The molecule has 6 nitrogen and oxygen atoms in total. The van der Waals surface area contributed by atoms with Crippen LogP contribution in [0.2, 0.25) is 0 Å². The molecule has 0 radical (unpaired) electrons. The zero-order valence-corrected chi connectivity index (χ0v) is 29.1. The lowest BCUT2D eigenvalue weighted by molar-refractivity contribution is -0.122. The molecular weight excluding hydrogens is 633 g/mol. The molecule has 0 aliphatic heterocycles. The van der Waals surface area contributed by atoms with Gasteiger partial charge in [-0.2, -0.15) is 0 Å². The van der Waals surface area contributed by atoms with Crippen LogP contribution in [0.1, 0.15) is 47.2 Å². The first-order valence-electron chi connectivity index (χ1n) is 17.2. The Hall–Kier alpha value is -6.14. The van der Waals surface area contributed by atoms with Crippen molar-refractivity contribution < 1.29 is 19.1 Å². The normalized spacial score (nSPS) is 13.6. The van der Waals surface area contributed by atoms with Crippen LogP contribution in [0.15, 0.2) is 146 Å². The molecule has 51 heavy (non-hydrogen) atoms. The Bertz CT molecular complexity index is 2010. The number of carbonyl (C=O) groups is 2. The number of amides is 2. The van der Waals surface area contributed by atoms with E-state index < -0.39 is 17.6 Å². The Morgan fingerprint density at radius 2 is 0.843 bits per heavy atom. The standard InChI is InChI=1S/C45H40N2O4/c1-29-13-25-37(26-14-29)50-31(3)43(48)46-35-21-17-33(18-22-35)45(41-11-7-5-9-39(41)40-10-6-8-12-42(40)45)34-19-23-36(24-20-34)47-44(49)32(4)51-38-27-15-30(2)16-28-38/h5-28,31-32H,1-4H3,(H,46,48)(H,47,49)/t31-,32-/m1/s1. The van der Waals surface area contributed by atoms with Gasteiger partial charge in [-0.3, -0.25) is 9.59 Å². The van der Waals surface area contributed by atoms with E-state index in [1.807, 2.05) is 86.6 Å². The summed E-state index contributed by atoms with van der Waals surface area (Å²) in [5, 5.41) is 6.04. The fourth-order valence-corrected chi connectivity index (χ4v) is 6.87. The molecule has 6 aromatic carbocycles. The third kappa shape index (κ3) is 6.61. The molecule has 0 bridgehead atoms. The summed E-state index contributed by atoms with van der Waals surface area (Å²) < 4.78 is 11.8. The summed E-state index contributed by atoms with van der Waals surface area (Å²) in [7, 11) is 0. The van der Waals surface area contributed by atoms with Gasteiger partial charge in [0.05, 0.1) is 5.41 Å². The molecule has 0 heterocycles. The second kappa shape index (κ2) is 14.0. The zero-order chi connectivity index (χ0) is 35.5. The van der Waals surface area contributed by atoms with Crippen LogP contribution in [0.3, 0.4) is 0 Å². The van der Waals surface area contributed by atoms with Gasteiger partial charge in [-0.15, -0.1) is 0 Å². The van der Waals surface area contributed by atoms with E-state index in [2.05, 4.69) is 83.4 Å². The van der Waals surface area contributed by atoms with Crippen LogP contribution in [-0.4, -0.2) is 24.0 Å². The second-order valence-electron chi connectivity index (χ2n) is 13.1. The van der Waals surface area contributed by atoms with Gasteiger partial charge in [-0.1, -0.05) is 108 Å². The van der Waals surface area contributed by atoms with Crippen LogP contribution in [0.5, 0.6) is 11.5 Å². The maximum absolute atomic E-state index is 13.1. The summed E-state index contributed by atoms with van der Waals surface area (Å²) in [6, 6.07) is 48.4. The molecule has 0 saturated carbocycles. The van der Waals surface area contributed by atoms with Gasteiger partial charge < -0.3 is 20.1 Å². The molecule has 1 aliphatic rings. The van der Waals surface area contributed by atoms with Gasteiger partial charge in [0, 0.05) is 11.4 Å². The summed E-state index contributed by atoms with van der Waals surface area (Å²) in [4.78, 5) is 26.2. The first kappa shape index (κ1) is 33.4. The van der Waals surface area contributed by atoms with Crippen LogP contribution in [-0.2, 0) is 15.0 Å². The van der Waals surface area contributed by atoms with Gasteiger partial charge in [0.2, 0.25) is 0 Å². The summed E-state index contributed by atoms with van der Waals surface area (Å²) in [6.07, 6.45) is -1.35. The first-order chi connectivity index (χ1) is 24.7. The smallest absolute Gasteiger partial charge is 0.265 e. The van der Waals surface area contributed by atoms with E-state index in [-0.39, 0.29) is 11.8 Å². The Morgan fingerprint density at radius 3 is 1.22 bits per heavy atom. The van der Waals surface area contributed by atoms with E-state index in [0.29, 0.717) is 22.9 Å². The molecule has 6 heteroatoms. The summed E-state index contributed by atoms with van der Waals surface area (Å²) in [5.74, 6) is 0.834. The molecule has 1 aliphatic carbocycles. The summed E-state index contributed by atoms with van der Waals surface area (Å²) in [6.45, 7) is 7.51.